The van der Waals surface area contributed by atoms with Crippen molar-refractivity contribution in [3.63, 3.8) is 0 Å². The molecule has 0 saturated carbocycles. The lowest BCUT2D eigenvalue weighted by atomic mass is 9.88. The van der Waals surface area contributed by atoms with E-state index in [0.717, 1.165) is 6.42 Å². The minimum atomic E-state index is -1.44. The molecule has 2 rings (SSSR count). The fourth-order valence-corrected chi connectivity index (χ4v) is 2.60. The van der Waals surface area contributed by atoms with Crippen LogP contribution in [0.2, 0.25) is 0 Å². The first-order valence-corrected chi connectivity index (χ1v) is 7.77. The Labute approximate surface area is 136 Å². The molecule has 1 aliphatic rings. The maximum atomic E-state index is 9.95. The molecule has 6 nitrogen and oxygen atoms in total. The van der Waals surface area contributed by atoms with Crippen molar-refractivity contribution in [1.82, 2.24) is 0 Å². The number of aliphatic hydroxyl groups is 4. The first-order chi connectivity index (χ1) is 10.7. The van der Waals surface area contributed by atoms with E-state index in [1.807, 2.05) is 12.1 Å². The molecular weight excluding hydrogens is 300 g/mol. The number of rotatable bonds is 4. The van der Waals surface area contributed by atoms with Gasteiger partial charge in [-0.05, 0) is 29.5 Å². The van der Waals surface area contributed by atoms with Gasteiger partial charge in [-0.25, -0.2) is 0 Å². The molecule has 1 saturated heterocycles. The van der Waals surface area contributed by atoms with E-state index in [1.54, 1.807) is 12.1 Å². The van der Waals surface area contributed by atoms with E-state index < -0.39 is 37.3 Å². The zero-order valence-electron chi connectivity index (χ0n) is 13.7. The second kappa shape index (κ2) is 7.15. The highest BCUT2D eigenvalue weighted by Crippen LogP contribution is 2.26. The maximum Gasteiger partial charge on any atom is 0.229 e. The summed E-state index contributed by atoms with van der Waals surface area (Å²) in [6.07, 6.45) is -5.43. The predicted octanol–water partition coefficient (Wildman–Crippen LogP) is 0.454. The van der Waals surface area contributed by atoms with Crippen LogP contribution in [-0.2, 0) is 11.2 Å². The summed E-state index contributed by atoms with van der Waals surface area (Å²) in [6, 6.07) is 7.40. The standard InChI is InChI=1S/C17H26O6/c1-17(2,3)8-10-4-6-11(7-5-10)22-16-15(21)14(20)13(19)12(9-18)23-16/h4-7,12-16,18-21H,8-9H2,1-3H3/t12-,13+,14+,15-,16-/m1/s1. The van der Waals surface area contributed by atoms with Crippen molar-refractivity contribution >= 4 is 0 Å². The average Bonchev–Trinajstić information content (AvgIpc) is 2.48. The minimum absolute atomic E-state index is 0.180. The molecule has 6 heteroatoms. The SMILES string of the molecule is CC(C)(C)Cc1ccc(O[C@@H]2O[C@H](CO)[C@H](O)[C@H](O)[C@H]2O)cc1. The molecule has 0 aliphatic carbocycles. The number of aliphatic hydroxyl groups excluding tert-OH is 4. The molecule has 0 radical (unpaired) electrons. The minimum Gasteiger partial charge on any atom is -0.462 e. The summed E-state index contributed by atoms with van der Waals surface area (Å²) in [6.45, 7) is 6.00. The fraction of sp³-hybridized carbons (Fsp3) is 0.647. The molecule has 1 aromatic carbocycles. The Morgan fingerprint density at radius 3 is 2.13 bits per heavy atom. The maximum absolute atomic E-state index is 9.95. The van der Waals surface area contributed by atoms with E-state index in [-0.39, 0.29) is 5.41 Å². The largest absolute Gasteiger partial charge is 0.462 e. The van der Waals surface area contributed by atoms with E-state index in [1.165, 1.54) is 5.56 Å². The molecule has 0 unspecified atom stereocenters. The Kier molecular flexibility index (Phi) is 5.65. The molecule has 1 fully saturated rings. The second-order valence-corrected chi connectivity index (χ2v) is 7.20. The molecule has 23 heavy (non-hydrogen) atoms. The van der Waals surface area contributed by atoms with Crippen molar-refractivity contribution < 1.29 is 29.9 Å². The third kappa shape index (κ3) is 4.65. The van der Waals surface area contributed by atoms with Gasteiger partial charge in [-0.2, -0.15) is 0 Å². The lowest BCUT2D eigenvalue weighted by molar-refractivity contribution is -0.277. The summed E-state index contributed by atoms with van der Waals surface area (Å²) in [5.74, 6) is 0.479. The van der Waals surface area contributed by atoms with Gasteiger partial charge in [0.05, 0.1) is 6.61 Å². The Hall–Kier alpha value is -1.18. The van der Waals surface area contributed by atoms with Gasteiger partial charge in [0.25, 0.3) is 0 Å². The van der Waals surface area contributed by atoms with E-state index in [9.17, 15) is 15.3 Å². The normalized spacial score (nSPS) is 31.9. The molecule has 1 aromatic rings. The Morgan fingerprint density at radius 2 is 1.61 bits per heavy atom. The monoisotopic (exact) mass is 326 g/mol. The molecule has 0 spiro atoms. The summed E-state index contributed by atoms with van der Waals surface area (Å²) in [5, 5.41) is 38.6. The van der Waals surface area contributed by atoms with Gasteiger partial charge < -0.3 is 29.9 Å². The molecule has 1 heterocycles. The quantitative estimate of drug-likeness (QED) is 0.641. The summed E-state index contributed by atoms with van der Waals surface area (Å²) in [4.78, 5) is 0. The van der Waals surface area contributed by atoms with Gasteiger partial charge >= 0.3 is 0 Å². The Morgan fingerprint density at radius 1 is 1.00 bits per heavy atom. The van der Waals surface area contributed by atoms with Crippen LogP contribution in [0.25, 0.3) is 0 Å². The van der Waals surface area contributed by atoms with Crippen LogP contribution in [0.15, 0.2) is 24.3 Å². The zero-order chi connectivity index (χ0) is 17.2. The highest BCUT2D eigenvalue weighted by atomic mass is 16.7. The molecule has 0 bridgehead atoms. The molecule has 0 amide bonds. The van der Waals surface area contributed by atoms with Crippen LogP contribution in [0.5, 0.6) is 5.75 Å². The van der Waals surface area contributed by atoms with Gasteiger partial charge in [0.2, 0.25) is 6.29 Å². The van der Waals surface area contributed by atoms with Crippen LogP contribution >= 0.6 is 0 Å². The first-order valence-electron chi connectivity index (χ1n) is 7.77. The van der Waals surface area contributed by atoms with Crippen LogP contribution in [0, 0.1) is 5.41 Å². The van der Waals surface area contributed by atoms with Crippen LogP contribution in [0.4, 0.5) is 0 Å². The third-order valence-electron chi connectivity index (χ3n) is 3.76. The summed E-state index contributed by atoms with van der Waals surface area (Å²) >= 11 is 0. The molecule has 5 atom stereocenters. The third-order valence-corrected chi connectivity index (χ3v) is 3.76. The number of benzene rings is 1. The summed E-state index contributed by atoms with van der Waals surface area (Å²) in [5.41, 5.74) is 1.35. The second-order valence-electron chi connectivity index (χ2n) is 7.20. The topological polar surface area (TPSA) is 99.4 Å². The van der Waals surface area contributed by atoms with Gasteiger partial charge in [0, 0.05) is 0 Å². The lowest BCUT2D eigenvalue weighted by Crippen LogP contribution is -2.60. The molecule has 0 aromatic heterocycles. The van der Waals surface area contributed by atoms with E-state index in [0.29, 0.717) is 5.75 Å². The van der Waals surface area contributed by atoms with Crippen LogP contribution in [-0.4, -0.2) is 57.7 Å². The highest BCUT2D eigenvalue weighted by Gasteiger charge is 2.44. The van der Waals surface area contributed by atoms with Crippen molar-refractivity contribution in [2.75, 3.05) is 6.61 Å². The molecule has 130 valence electrons. The van der Waals surface area contributed by atoms with Crippen LogP contribution in [0.1, 0.15) is 26.3 Å². The van der Waals surface area contributed by atoms with E-state index in [4.69, 9.17) is 14.6 Å². The van der Waals surface area contributed by atoms with E-state index in [2.05, 4.69) is 20.8 Å². The van der Waals surface area contributed by atoms with Gasteiger partial charge in [0.1, 0.15) is 30.2 Å². The lowest BCUT2D eigenvalue weighted by Gasteiger charge is -2.39. The van der Waals surface area contributed by atoms with Gasteiger partial charge in [-0.1, -0.05) is 32.9 Å². The smallest absolute Gasteiger partial charge is 0.229 e. The zero-order valence-corrected chi connectivity index (χ0v) is 13.7. The summed E-state index contributed by atoms with van der Waals surface area (Å²) < 4.78 is 10.9. The average molecular weight is 326 g/mol. The van der Waals surface area contributed by atoms with Crippen LogP contribution < -0.4 is 4.74 Å². The Balaban J connectivity index is 2.03. The fourth-order valence-electron chi connectivity index (χ4n) is 2.60. The van der Waals surface area contributed by atoms with Gasteiger partial charge in [0.15, 0.2) is 0 Å². The molecule has 1 aliphatic heterocycles. The van der Waals surface area contributed by atoms with E-state index >= 15 is 0 Å². The first kappa shape index (κ1) is 18.2. The van der Waals surface area contributed by atoms with Gasteiger partial charge in [-0.15, -0.1) is 0 Å². The number of hydrogen-bond acceptors (Lipinski definition) is 6. The predicted molar refractivity (Wildman–Crippen MR) is 84.0 cm³/mol. The van der Waals surface area contributed by atoms with Crippen molar-refractivity contribution in [2.45, 2.75) is 57.9 Å². The van der Waals surface area contributed by atoms with Crippen molar-refractivity contribution in [1.29, 1.82) is 0 Å². The Bertz CT molecular complexity index is 493. The van der Waals surface area contributed by atoms with Crippen molar-refractivity contribution in [3.8, 4) is 5.75 Å². The van der Waals surface area contributed by atoms with Gasteiger partial charge in [-0.3, -0.25) is 0 Å². The highest BCUT2D eigenvalue weighted by molar-refractivity contribution is 5.28. The van der Waals surface area contributed by atoms with Crippen molar-refractivity contribution in [3.05, 3.63) is 29.8 Å². The molecule has 4 N–H and O–H groups in total. The number of hydrogen-bond donors (Lipinski definition) is 4. The van der Waals surface area contributed by atoms with Crippen molar-refractivity contribution in [2.24, 2.45) is 5.41 Å². The van der Waals surface area contributed by atoms with Crippen LogP contribution in [0.3, 0.4) is 0 Å². The number of ether oxygens (including phenoxy) is 2. The summed E-state index contributed by atoms with van der Waals surface area (Å²) in [7, 11) is 0. The molecular formula is C17H26O6.